The molecule has 0 aromatic heterocycles. The van der Waals surface area contributed by atoms with Crippen LogP contribution in [0.25, 0.3) is 0 Å². The van der Waals surface area contributed by atoms with Crippen molar-refractivity contribution in [3.05, 3.63) is 59.2 Å². The first-order valence-electron chi connectivity index (χ1n) is 6.55. The van der Waals surface area contributed by atoms with Gasteiger partial charge in [-0.15, -0.1) is 0 Å². The molecule has 2 aromatic carbocycles. The molecule has 0 aliphatic rings. The molecular weight excluding hydrogens is 276 g/mol. The van der Waals surface area contributed by atoms with Crippen molar-refractivity contribution in [3.8, 4) is 11.5 Å². The molecule has 0 fully saturated rings. The van der Waals surface area contributed by atoms with Crippen molar-refractivity contribution >= 4 is 0 Å². The van der Waals surface area contributed by atoms with Crippen LogP contribution in [0.1, 0.15) is 24.1 Å². The SMILES string of the molecule is COc1ccc(C(C)NCc2cc(O)cc(F)c2)cc1F. The maximum atomic E-state index is 13.6. The minimum absolute atomic E-state index is 0.116. The Labute approximate surface area is 122 Å². The van der Waals surface area contributed by atoms with Gasteiger partial charge in [-0.1, -0.05) is 6.07 Å². The topological polar surface area (TPSA) is 41.5 Å². The molecule has 112 valence electrons. The van der Waals surface area contributed by atoms with E-state index >= 15 is 0 Å². The Morgan fingerprint density at radius 2 is 1.95 bits per heavy atom. The van der Waals surface area contributed by atoms with Crippen LogP contribution in [0.2, 0.25) is 0 Å². The van der Waals surface area contributed by atoms with Crippen LogP contribution in [-0.4, -0.2) is 12.2 Å². The van der Waals surface area contributed by atoms with Gasteiger partial charge in [0, 0.05) is 18.7 Å². The summed E-state index contributed by atoms with van der Waals surface area (Å²) in [6.07, 6.45) is 0. The van der Waals surface area contributed by atoms with Crippen LogP contribution in [0.15, 0.2) is 36.4 Å². The highest BCUT2D eigenvalue weighted by atomic mass is 19.1. The Hall–Kier alpha value is -2.14. The van der Waals surface area contributed by atoms with E-state index in [1.807, 2.05) is 6.92 Å². The highest BCUT2D eigenvalue weighted by Gasteiger charge is 2.10. The van der Waals surface area contributed by atoms with Gasteiger partial charge in [-0.05, 0) is 42.3 Å². The second kappa shape index (κ2) is 6.54. The maximum absolute atomic E-state index is 13.6. The molecule has 0 amide bonds. The van der Waals surface area contributed by atoms with Crippen LogP contribution in [0, 0.1) is 11.6 Å². The van der Waals surface area contributed by atoms with Crippen molar-refractivity contribution in [2.24, 2.45) is 0 Å². The van der Waals surface area contributed by atoms with E-state index in [1.54, 1.807) is 12.1 Å². The summed E-state index contributed by atoms with van der Waals surface area (Å²) in [6.45, 7) is 2.24. The second-order valence-corrected chi connectivity index (χ2v) is 4.81. The zero-order valence-corrected chi connectivity index (χ0v) is 11.9. The fourth-order valence-corrected chi connectivity index (χ4v) is 2.08. The number of phenols is 1. The molecule has 2 N–H and O–H groups in total. The van der Waals surface area contributed by atoms with Gasteiger partial charge in [-0.3, -0.25) is 0 Å². The molecule has 0 radical (unpaired) electrons. The molecule has 0 saturated carbocycles. The second-order valence-electron chi connectivity index (χ2n) is 4.81. The summed E-state index contributed by atoms with van der Waals surface area (Å²) in [7, 11) is 1.41. The average molecular weight is 293 g/mol. The largest absolute Gasteiger partial charge is 0.508 e. The first-order valence-corrected chi connectivity index (χ1v) is 6.55. The van der Waals surface area contributed by atoms with E-state index in [-0.39, 0.29) is 17.5 Å². The fourth-order valence-electron chi connectivity index (χ4n) is 2.08. The van der Waals surface area contributed by atoms with Crippen LogP contribution < -0.4 is 10.1 Å². The summed E-state index contributed by atoms with van der Waals surface area (Å²) in [5.74, 6) is -0.835. The van der Waals surface area contributed by atoms with Crippen molar-refractivity contribution in [2.45, 2.75) is 19.5 Å². The van der Waals surface area contributed by atoms with E-state index in [4.69, 9.17) is 4.74 Å². The maximum Gasteiger partial charge on any atom is 0.165 e. The Bertz CT molecular complexity index is 611. The van der Waals surface area contributed by atoms with Gasteiger partial charge < -0.3 is 15.2 Å². The first kappa shape index (κ1) is 15.3. The standard InChI is InChI=1S/C16H17F2NO2/c1-10(12-3-4-16(21-2)15(18)7-12)19-9-11-5-13(17)8-14(20)6-11/h3-8,10,19-20H,9H2,1-2H3. The lowest BCUT2D eigenvalue weighted by atomic mass is 10.1. The van der Waals surface area contributed by atoms with Crippen molar-refractivity contribution in [2.75, 3.05) is 7.11 Å². The quantitative estimate of drug-likeness (QED) is 0.886. The van der Waals surface area contributed by atoms with Crippen LogP contribution in [0.5, 0.6) is 11.5 Å². The minimum Gasteiger partial charge on any atom is -0.508 e. The lowest BCUT2D eigenvalue weighted by molar-refractivity contribution is 0.385. The van der Waals surface area contributed by atoms with Gasteiger partial charge in [0.05, 0.1) is 7.11 Å². The van der Waals surface area contributed by atoms with E-state index in [9.17, 15) is 13.9 Å². The number of aromatic hydroxyl groups is 1. The van der Waals surface area contributed by atoms with Gasteiger partial charge in [0.25, 0.3) is 0 Å². The first-order chi connectivity index (χ1) is 9.99. The normalized spacial score (nSPS) is 12.2. The molecule has 21 heavy (non-hydrogen) atoms. The number of methoxy groups -OCH3 is 1. The number of nitrogens with one attached hydrogen (secondary N) is 1. The molecule has 1 atom stereocenters. The average Bonchev–Trinajstić information content (AvgIpc) is 2.43. The summed E-state index contributed by atoms with van der Waals surface area (Å²) >= 11 is 0. The predicted octanol–water partition coefficient (Wildman–Crippen LogP) is 3.53. The van der Waals surface area contributed by atoms with Gasteiger partial charge in [0.2, 0.25) is 0 Å². The molecule has 0 saturated heterocycles. The number of rotatable bonds is 5. The number of hydrogen-bond donors (Lipinski definition) is 2. The van der Waals surface area contributed by atoms with Gasteiger partial charge in [0.1, 0.15) is 11.6 Å². The summed E-state index contributed by atoms with van der Waals surface area (Å²) in [6, 6.07) is 8.48. The molecule has 0 aliphatic heterocycles. The molecular formula is C16H17F2NO2. The van der Waals surface area contributed by atoms with Gasteiger partial charge >= 0.3 is 0 Å². The third-order valence-corrected chi connectivity index (χ3v) is 3.23. The summed E-state index contributed by atoms with van der Waals surface area (Å²) in [5, 5.41) is 12.5. The van der Waals surface area contributed by atoms with E-state index < -0.39 is 11.6 Å². The Balaban J connectivity index is 2.04. The van der Waals surface area contributed by atoms with E-state index in [0.717, 1.165) is 11.6 Å². The smallest absolute Gasteiger partial charge is 0.165 e. The highest BCUT2D eigenvalue weighted by molar-refractivity contribution is 5.31. The van der Waals surface area contributed by atoms with Crippen molar-refractivity contribution in [1.29, 1.82) is 0 Å². The monoisotopic (exact) mass is 293 g/mol. The van der Waals surface area contributed by atoms with E-state index in [2.05, 4.69) is 5.32 Å². The van der Waals surface area contributed by atoms with Crippen LogP contribution in [0.3, 0.4) is 0 Å². The minimum atomic E-state index is -0.491. The van der Waals surface area contributed by atoms with Crippen LogP contribution in [0.4, 0.5) is 8.78 Å². The van der Waals surface area contributed by atoms with E-state index in [1.165, 1.54) is 25.3 Å². The third-order valence-electron chi connectivity index (χ3n) is 3.23. The molecule has 0 spiro atoms. The molecule has 0 bridgehead atoms. The molecule has 0 heterocycles. The molecule has 1 unspecified atom stereocenters. The zero-order valence-electron chi connectivity index (χ0n) is 11.9. The van der Waals surface area contributed by atoms with Crippen molar-refractivity contribution < 1.29 is 18.6 Å². The highest BCUT2D eigenvalue weighted by Crippen LogP contribution is 2.22. The molecule has 2 rings (SSSR count). The van der Waals surface area contributed by atoms with Crippen molar-refractivity contribution in [3.63, 3.8) is 0 Å². The number of ether oxygens (including phenoxy) is 1. The lowest BCUT2D eigenvalue weighted by Crippen LogP contribution is -2.18. The molecule has 0 aliphatic carbocycles. The zero-order chi connectivity index (χ0) is 15.4. The fraction of sp³-hybridized carbons (Fsp3) is 0.250. The molecule has 5 heteroatoms. The number of hydrogen-bond acceptors (Lipinski definition) is 3. The summed E-state index contributed by atoms with van der Waals surface area (Å²) in [4.78, 5) is 0. The predicted molar refractivity (Wildman–Crippen MR) is 76.3 cm³/mol. The molecule has 2 aromatic rings. The lowest BCUT2D eigenvalue weighted by Gasteiger charge is -2.15. The number of halogens is 2. The summed E-state index contributed by atoms with van der Waals surface area (Å²) in [5.41, 5.74) is 1.38. The Morgan fingerprint density at radius 1 is 1.19 bits per heavy atom. The third kappa shape index (κ3) is 3.92. The molecule has 3 nitrogen and oxygen atoms in total. The van der Waals surface area contributed by atoms with Crippen molar-refractivity contribution in [1.82, 2.24) is 5.32 Å². The number of phenolic OH excluding ortho intramolecular Hbond substituents is 1. The van der Waals surface area contributed by atoms with E-state index in [0.29, 0.717) is 12.1 Å². The van der Waals surface area contributed by atoms with Crippen LogP contribution in [-0.2, 0) is 6.54 Å². The Kier molecular flexibility index (Phi) is 4.75. The summed E-state index contributed by atoms with van der Waals surface area (Å²) < 4.78 is 31.7. The van der Waals surface area contributed by atoms with Crippen LogP contribution >= 0.6 is 0 Å². The van der Waals surface area contributed by atoms with Gasteiger partial charge in [-0.2, -0.15) is 0 Å². The van der Waals surface area contributed by atoms with Gasteiger partial charge in [0.15, 0.2) is 11.6 Å². The van der Waals surface area contributed by atoms with Gasteiger partial charge in [-0.25, -0.2) is 8.78 Å². The number of benzene rings is 2. The Morgan fingerprint density at radius 3 is 2.57 bits per heavy atom.